The van der Waals surface area contributed by atoms with E-state index in [2.05, 4.69) is 24.8 Å². The summed E-state index contributed by atoms with van der Waals surface area (Å²) in [5.41, 5.74) is 1.29. The number of hydrogen-bond acceptors (Lipinski definition) is 5. The van der Waals surface area contributed by atoms with Crippen LogP contribution in [0.5, 0.6) is 0 Å². The van der Waals surface area contributed by atoms with Gasteiger partial charge in [-0.3, -0.25) is 9.69 Å². The van der Waals surface area contributed by atoms with E-state index in [0.717, 1.165) is 38.8 Å². The van der Waals surface area contributed by atoms with Crippen LogP contribution in [-0.4, -0.2) is 43.7 Å². The van der Waals surface area contributed by atoms with E-state index >= 15 is 0 Å². The van der Waals surface area contributed by atoms with Crippen LogP contribution in [0.3, 0.4) is 0 Å². The number of carbonyl (C=O) groups excluding carboxylic acids is 1. The Kier molecular flexibility index (Phi) is 4.57. The molecule has 3 rings (SSSR count). The average molecular weight is 323 g/mol. The number of rotatable bonds is 3. The lowest BCUT2D eigenvalue weighted by atomic mass is 9.79. The van der Waals surface area contributed by atoms with Crippen molar-refractivity contribution < 1.29 is 14.3 Å². The third-order valence-corrected chi connectivity index (χ3v) is 6.36. The van der Waals surface area contributed by atoms with E-state index in [1.54, 1.807) is 0 Å². The van der Waals surface area contributed by atoms with Gasteiger partial charge >= 0.3 is 5.97 Å². The van der Waals surface area contributed by atoms with Crippen LogP contribution >= 0.6 is 11.3 Å². The molecule has 2 aliphatic rings. The minimum Gasteiger partial charge on any atom is -0.468 e. The van der Waals surface area contributed by atoms with Crippen LogP contribution in [0.4, 0.5) is 0 Å². The van der Waals surface area contributed by atoms with Gasteiger partial charge in [0.1, 0.15) is 0 Å². The minimum absolute atomic E-state index is 0.135. The van der Waals surface area contributed by atoms with Crippen molar-refractivity contribution in [2.75, 3.05) is 26.8 Å². The van der Waals surface area contributed by atoms with Crippen molar-refractivity contribution in [3.05, 3.63) is 21.4 Å². The van der Waals surface area contributed by atoms with Crippen molar-refractivity contribution >= 4 is 17.3 Å². The fourth-order valence-electron chi connectivity index (χ4n) is 3.74. The number of ether oxygens (including phenoxy) is 2. The lowest BCUT2D eigenvalue weighted by molar-refractivity contribution is -0.147. The number of piperidine rings is 1. The van der Waals surface area contributed by atoms with Gasteiger partial charge in [0, 0.05) is 28.8 Å². The first-order chi connectivity index (χ1) is 10.6. The van der Waals surface area contributed by atoms with E-state index in [1.807, 2.05) is 11.3 Å². The summed E-state index contributed by atoms with van der Waals surface area (Å²) in [6, 6.07) is 2.69. The van der Waals surface area contributed by atoms with Gasteiger partial charge in [-0.15, -0.1) is 11.3 Å². The predicted molar refractivity (Wildman–Crippen MR) is 87.3 cm³/mol. The second-order valence-corrected chi connectivity index (χ2v) is 7.57. The molecule has 2 atom stereocenters. The van der Waals surface area contributed by atoms with Gasteiger partial charge in [0.25, 0.3) is 0 Å². The van der Waals surface area contributed by atoms with Crippen LogP contribution in [-0.2, 0) is 32.7 Å². The molecule has 0 saturated carbocycles. The van der Waals surface area contributed by atoms with Gasteiger partial charge in [0.05, 0.1) is 25.9 Å². The molecule has 0 radical (unpaired) electrons. The molecule has 0 unspecified atom stereocenters. The molecular weight excluding hydrogens is 298 g/mol. The standard InChI is InChI=1S/C17H25NO3S/c1-4-13-9-14-15(22-13)5-8-21-17(14)6-7-18(12(2)10-17)11-16(19)20-3/h9,12H,4-8,10-11H2,1-3H3/t12-,17+/m0/s1. The number of fused-ring (bicyclic) bond motifs is 2. The van der Waals surface area contributed by atoms with Crippen molar-refractivity contribution in [3.8, 4) is 0 Å². The molecule has 3 heterocycles. The summed E-state index contributed by atoms with van der Waals surface area (Å²) in [5, 5.41) is 0. The summed E-state index contributed by atoms with van der Waals surface area (Å²) in [6.45, 7) is 6.48. The number of nitrogens with zero attached hydrogens (tertiary/aromatic N) is 1. The predicted octanol–water partition coefficient (Wildman–Crippen LogP) is 2.74. The number of aryl methyl sites for hydroxylation is 1. The Balaban J connectivity index is 1.80. The summed E-state index contributed by atoms with van der Waals surface area (Å²) >= 11 is 1.95. The van der Waals surface area contributed by atoms with Crippen molar-refractivity contribution in [1.82, 2.24) is 4.90 Å². The van der Waals surface area contributed by atoms with Crippen molar-refractivity contribution in [1.29, 1.82) is 0 Å². The molecule has 0 aromatic carbocycles. The highest BCUT2D eigenvalue weighted by Gasteiger charge is 2.44. The Labute approximate surface area is 136 Å². The van der Waals surface area contributed by atoms with Gasteiger partial charge in [-0.2, -0.15) is 0 Å². The maximum Gasteiger partial charge on any atom is 0.319 e. The van der Waals surface area contributed by atoms with Gasteiger partial charge in [0.15, 0.2) is 0 Å². The Morgan fingerprint density at radius 1 is 1.59 bits per heavy atom. The summed E-state index contributed by atoms with van der Waals surface area (Å²) in [7, 11) is 1.45. The van der Waals surface area contributed by atoms with Crippen LogP contribution in [0.25, 0.3) is 0 Å². The zero-order valence-electron chi connectivity index (χ0n) is 13.7. The van der Waals surface area contributed by atoms with E-state index < -0.39 is 0 Å². The molecule has 1 fully saturated rings. The fourth-order valence-corrected chi connectivity index (χ4v) is 4.92. The topological polar surface area (TPSA) is 38.8 Å². The van der Waals surface area contributed by atoms with Crippen molar-refractivity contribution in [2.24, 2.45) is 0 Å². The summed E-state index contributed by atoms with van der Waals surface area (Å²) in [6.07, 6.45) is 4.05. The van der Waals surface area contributed by atoms with Crippen LogP contribution in [0, 0.1) is 0 Å². The molecule has 1 spiro atoms. The van der Waals surface area contributed by atoms with Crippen LogP contribution in [0.1, 0.15) is 42.0 Å². The number of hydrogen-bond donors (Lipinski definition) is 0. The molecule has 0 bridgehead atoms. The highest BCUT2D eigenvalue weighted by Crippen LogP contribution is 2.46. The molecular formula is C17H25NO3S. The highest BCUT2D eigenvalue weighted by molar-refractivity contribution is 7.12. The Morgan fingerprint density at radius 3 is 3.09 bits per heavy atom. The third kappa shape index (κ3) is 2.82. The molecule has 1 aromatic heterocycles. The maximum absolute atomic E-state index is 11.5. The SMILES string of the molecule is CCc1cc2c(s1)CCO[C@@]21CCN(CC(=O)OC)[C@@H](C)C1. The van der Waals surface area contributed by atoms with Gasteiger partial charge < -0.3 is 9.47 Å². The number of thiophene rings is 1. The van der Waals surface area contributed by atoms with E-state index in [9.17, 15) is 4.79 Å². The van der Waals surface area contributed by atoms with Crippen molar-refractivity contribution in [2.45, 2.75) is 51.2 Å². The third-order valence-electron chi connectivity index (χ3n) is 5.02. The van der Waals surface area contributed by atoms with Crippen LogP contribution in [0.2, 0.25) is 0 Å². The zero-order chi connectivity index (χ0) is 15.7. The van der Waals surface area contributed by atoms with Gasteiger partial charge in [0.2, 0.25) is 0 Å². The Hall–Kier alpha value is -0.910. The largest absolute Gasteiger partial charge is 0.468 e. The fraction of sp³-hybridized carbons (Fsp3) is 0.706. The quantitative estimate of drug-likeness (QED) is 0.802. The number of likely N-dealkylation sites (tertiary alicyclic amines) is 1. The van der Waals surface area contributed by atoms with Gasteiger partial charge in [-0.25, -0.2) is 0 Å². The molecule has 0 N–H and O–H groups in total. The molecule has 5 heteroatoms. The Morgan fingerprint density at radius 2 is 2.41 bits per heavy atom. The molecule has 1 aromatic rings. The van der Waals surface area contributed by atoms with Crippen molar-refractivity contribution in [3.63, 3.8) is 0 Å². The zero-order valence-corrected chi connectivity index (χ0v) is 14.5. The van der Waals surface area contributed by atoms with Gasteiger partial charge in [-0.1, -0.05) is 6.92 Å². The molecule has 2 aliphatic heterocycles. The minimum atomic E-state index is -0.156. The number of methoxy groups -OCH3 is 1. The lowest BCUT2D eigenvalue weighted by Gasteiger charge is -2.47. The molecule has 1 saturated heterocycles. The van der Waals surface area contributed by atoms with E-state index in [0.29, 0.717) is 12.6 Å². The smallest absolute Gasteiger partial charge is 0.319 e. The highest BCUT2D eigenvalue weighted by atomic mass is 32.1. The first-order valence-corrected chi connectivity index (χ1v) is 8.96. The first-order valence-electron chi connectivity index (χ1n) is 8.15. The van der Waals surface area contributed by atoms with Crippen LogP contribution in [0.15, 0.2) is 6.07 Å². The molecule has 22 heavy (non-hydrogen) atoms. The second-order valence-electron chi connectivity index (χ2n) is 6.35. The van der Waals surface area contributed by atoms with Crippen LogP contribution < -0.4 is 0 Å². The summed E-state index contributed by atoms with van der Waals surface area (Å²) < 4.78 is 11.1. The average Bonchev–Trinajstić information content (AvgIpc) is 2.95. The monoisotopic (exact) mass is 323 g/mol. The van der Waals surface area contributed by atoms with E-state index in [4.69, 9.17) is 9.47 Å². The maximum atomic E-state index is 11.5. The summed E-state index contributed by atoms with van der Waals surface area (Å²) in [4.78, 5) is 16.7. The van der Waals surface area contributed by atoms with Gasteiger partial charge in [-0.05, 0) is 37.8 Å². The Bertz CT molecular complexity index is 556. The number of esters is 1. The second kappa shape index (κ2) is 6.30. The summed E-state index contributed by atoms with van der Waals surface area (Å²) in [5.74, 6) is -0.156. The molecule has 122 valence electrons. The van der Waals surface area contributed by atoms with E-state index in [1.165, 1.54) is 22.4 Å². The molecule has 0 amide bonds. The van der Waals surface area contributed by atoms with E-state index in [-0.39, 0.29) is 11.6 Å². The normalized spacial score (nSPS) is 28.6. The first kappa shape index (κ1) is 16.0. The molecule has 0 aliphatic carbocycles. The lowest BCUT2D eigenvalue weighted by Crippen LogP contribution is -2.51. The molecule has 4 nitrogen and oxygen atoms in total. The number of carbonyl (C=O) groups is 1.